The smallest absolute Gasteiger partial charge is 0.264 e. The van der Waals surface area contributed by atoms with Crippen LogP contribution in [0.3, 0.4) is 0 Å². The molecule has 6 aliphatic rings. The number of nitrogens with zero attached hydrogens (tertiary/aromatic N) is 4. The Morgan fingerprint density at radius 2 is 1.88 bits per heavy atom. The van der Waals surface area contributed by atoms with Crippen molar-refractivity contribution in [1.29, 1.82) is 0 Å². The molecular weight excluding hydrogens is 750 g/mol. The van der Waals surface area contributed by atoms with Crippen LogP contribution in [0.2, 0.25) is 5.02 Å². The van der Waals surface area contributed by atoms with Crippen LogP contribution in [0.4, 0.5) is 5.69 Å². The molecule has 13 heteroatoms. The van der Waals surface area contributed by atoms with Gasteiger partial charge in [0.1, 0.15) is 11.4 Å². The lowest BCUT2D eigenvalue weighted by Crippen LogP contribution is -2.65. The second-order valence-electron chi connectivity index (χ2n) is 17.6. The molecule has 3 fully saturated rings. The van der Waals surface area contributed by atoms with Crippen LogP contribution >= 0.6 is 11.6 Å². The highest BCUT2D eigenvalue weighted by molar-refractivity contribution is 7.90. The number of anilines is 1. The van der Waals surface area contributed by atoms with Crippen LogP contribution in [0.5, 0.6) is 5.75 Å². The molecule has 2 aromatic rings. The number of fused-ring (bicyclic) bond motifs is 5. The number of ether oxygens (including phenoxy) is 2. The van der Waals surface area contributed by atoms with E-state index in [1.165, 1.54) is 11.1 Å². The Morgan fingerprint density at radius 3 is 2.64 bits per heavy atom. The first-order valence-electron chi connectivity index (χ1n) is 20.6. The predicted octanol–water partition coefficient (Wildman–Crippen LogP) is 5.12. The summed E-state index contributed by atoms with van der Waals surface area (Å²) < 4.78 is 43.2. The molecule has 2 aromatic carbocycles. The summed E-state index contributed by atoms with van der Waals surface area (Å²) in [7, 11) is -2.15. The Balaban J connectivity index is 1.17. The molecule has 0 aromatic heterocycles. The van der Waals surface area contributed by atoms with Gasteiger partial charge in [-0.25, -0.2) is 13.1 Å². The van der Waals surface area contributed by atoms with Crippen molar-refractivity contribution in [3.8, 4) is 5.75 Å². The number of hydrogen-bond donors (Lipinski definition) is 1. The highest BCUT2D eigenvalue weighted by Crippen LogP contribution is 2.49. The van der Waals surface area contributed by atoms with Gasteiger partial charge < -0.3 is 19.3 Å². The van der Waals surface area contributed by atoms with Crippen molar-refractivity contribution in [1.82, 2.24) is 19.4 Å². The zero-order chi connectivity index (χ0) is 39.4. The van der Waals surface area contributed by atoms with Crippen molar-refractivity contribution in [2.45, 2.75) is 81.6 Å². The molecule has 11 nitrogen and oxygen atoms in total. The lowest BCUT2D eigenvalue weighted by molar-refractivity contribution is -0.134. The predicted molar refractivity (Wildman–Crippen MR) is 219 cm³/mol. The average molecular weight is 808 g/mol. The van der Waals surface area contributed by atoms with Gasteiger partial charge in [0.05, 0.1) is 17.5 Å². The van der Waals surface area contributed by atoms with Gasteiger partial charge in [-0.05, 0) is 105 Å². The molecule has 56 heavy (non-hydrogen) atoms. The zero-order valence-electron chi connectivity index (χ0n) is 33.3. The summed E-state index contributed by atoms with van der Waals surface area (Å²) in [6.07, 6.45) is 9.89. The Hall–Kier alpha value is -3.16. The van der Waals surface area contributed by atoms with E-state index in [4.69, 9.17) is 21.1 Å². The van der Waals surface area contributed by atoms with Crippen molar-refractivity contribution >= 4 is 39.1 Å². The first-order chi connectivity index (χ1) is 26.8. The number of piperazine rings is 2. The summed E-state index contributed by atoms with van der Waals surface area (Å²) in [5.41, 5.74) is 2.74. The fraction of sp³-hybridized carbons (Fsp3) is 0.628. The van der Waals surface area contributed by atoms with Crippen LogP contribution in [0.1, 0.15) is 74.4 Å². The summed E-state index contributed by atoms with van der Waals surface area (Å²) in [4.78, 5) is 35.5. The van der Waals surface area contributed by atoms with Crippen LogP contribution in [-0.2, 0) is 31.4 Å². The van der Waals surface area contributed by atoms with Crippen molar-refractivity contribution in [3.05, 3.63) is 70.3 Å². The molecule has 2 amide bonds. The number of amides is 2. The molecule has 304 valence electrons. The third kappa shape index (κ3) is 7.49. The Morgan fingerprint density at radius 1 is 1.05 bits per heavy atom. The van der Waals surface area contributed by atoms with Crippen LogP contribution in [0.25, 0.3) is 0 Å². The highest BCUT2D eigenvalue weighted by Gasteiger charge is 2.50. The minimum absolute atomic E-state index is 0.132. The maximum absolute atomic E-state index is 13.7. The van der Waals surface area contributed by atoms with E-state index >= 15 is 0 Å². The number of carbonyl (C=O) groups is 2. The van der Waals surface area contributed by atoms with E-state index in [0.29, 0.717) is 43.3 Å². The van der Waals surface area contributed by atoms with Gasteiger partial charge in [-0.2, -0.15) is 0 Å². The van der Waals surface area contributed by atoms with Gasteiger partial charge in [-0.15, -0.1) is 0 Å². The largest absolute Gasteiger partial charge is 0.490 e. The summed E-state index contributed by atoms with van der Waals surface area (Å²) in [6, 6.07) is 11.9. The molecule has 2 bridgehead atoms. The normalized spacial score (nSPS) is 34.2. The first kappa shape index (κ1) is 39.7. The van der Waals surface area contributed by atoms with Gasteiger partial charge in [0, 0.05) is 95.0 Å². The van der Waals surface area contributed by atoms with Gasteiger partial charge in [0.2, 0.25) is 15.9 Å². The Kier molecular flexibility index (Phi) is 11.0. The van der Waals surface area contributed by atoms with Gasteiger partial charge >= 0.3 is 0 Å². The number of carbonyl (C=O) groups excluding carboxylic acids is 2. The topological polar surface area (TPSA) is 112 Å². The molecule has 7 atom stereocenters. The average Bonchev–Trinajstić information content (AvgIpc) is 3.31. The summed E-state index contributed by atoms with van der Waals surface area (Å²) in [5.74, 6) is 0.452. The zero-order valence-corrected chi connectivity index (χ0v) is 34.9. The molecule has 8 rings (SSSR count). The number of halogens is 1. The SMILES string of the molecule is CO[C@]1(CN2CCN3CCN(C(C)=O)CC3C2)/C=C/C[C@H](C)[C@@H](C)S(=O)(=O)NC(=O)c2ccc3c(c2)N(C[C@@H]2CC[C@H]21)C[C@@]1(CCCc2cc(Cl)ccc21)CO3. The number of rotatable bonds is 3. The Bertz CT molecular complexity index is 1980. The molecule has 1 N–H and O–H groups in total. The molecule has 2 aliphatic carbocycles. The summed E-state index contributed by atoms with van der Waals surface area (Å²) in [6.45, 7) is 13.1. The second-order valence-corrected chi connectivity index (χ2v) is 20.1. The number of sulfonamides is 1. The molecule has 1 saturated carbocycles. The number of hydrogen-bond acceptors (Lipinski definition) is 9. The van der Waals surface area contributed by atoms with Crippen molar-refractivity contribution in [3.63, 3.8) is 0 Å². The lowest BCUT2D eigenvalue weighted by atomic mass is 9.63. The van der Waals surface area contributed by atoms with Crippen LogP contribution in [-0.4, -0.2) is 124 Å². The molecule has 1 spiro atoms. The maximum atomic E-state index is 13.7. The second kappa shape index (κ2) is 15.5. The quantitative estimate of drug-likeness (QED) is 0.423. The number of nitrogens with one attached hydrogen (secondary N) is 1. The van der Waals surface area contributed by atoms with Gasteiger partial charge in [-0.1, -0.05) is 36.7 Å². The number of aryl methyl sites for hydroxylation is 1. The number of methoxy groups -OCH3 is 1. The lowest BCUT2D eigenvalue weighted by Gasteiger charge is -2.53. The van der Waals surface area contributed by atoms with E-state index in [2.05, 4.69) is 43.7 Å². The van der Waals surface area contributed by atoms with Crippen LogP contribution < -0.4 is 14.4 Å². The summed E-state index contributed by atoms with van der Waals surface area (Å²) >= 11 is 6.52. The van der Waals surface area contributed by atoms with Gasteiger partial charge in [0.25, 0.3) is 5.91 Å². The number of benzene rings is 2. The van der Waals surface area contributed by atoms with Gasteiger partial charge in [-0.3, -0.25) is 19.4 Å². The molecule has 4 heterocycles. The van der Waals surface area contributed by atoms with Crippen molar-refractivity contribution in [2.75, 3.05) is 77.5 Å². The third-order valence-corrected chi connectivity index (χ3v) is 16.5. The summed E-state index contributed by atoms with van der Waals surface area (Å²) in [5, 5.41) is -0.0679. The molecule has 2 saturated heterocycles. The van der Waals surface area contributed by atoms with E-state index in [9.17, 15) is 18.0 Å². The minimum atomic E-state index is -3.99. The van der Waals surface area contributed by atoms with Crippen molar-refractivity contribution < 1.29 is 27.5 Å². The van der Waals surface area contributed by atoms with Crippen molar-refractivity contribution in [2.24, 2.45) is 17.8 Å². The fourth-order valence-electron chi connectivity index (χ4n) is 10.6. The van der Waals surface area contributed by atoms with E-state index in [1.54, 1.807) is 19.9 Å². The van der Waals surface area contributed by atoms with E-state index in [1.807, 2.05) is 37.1 Å². The van der Waals surface area contributed by atoms with Crippen LogP contribution in [0.15, 0.2) is 48.6 Å². The third-order valence-electron chi connectivity index (χ3n) is 14.3. The maximum Gasteiger partial charge on any atom is 0.264 e. The minimum Gasteiger partial charge on any atom is -0.490 e. The van der Waals surface area contributed by atoms with Crippen LogP contribution in [0, 0.1) is 17.8 Å². The van der Waals surface area contributed by atoms with E-state index in [0.717, 1.165) is 88.6 Å². The molecule has 0 radical (unpaired) electrons. The van der Waals surface area contributed by atoms with Gasteiger partial charge in [0.15, 0.2) is 0 Å². The highest BCUT2D eigenvalue weighted by atomic mass is 35.5. The standard InChI is InChI=1S/C43H58ClN5O6S/c1-29-7-5-16-43(54-4,27-46-17-18-47-19-20-48(31(3)50)25-36(47)24-46)38-12-9-34(38)23-49-26-42(15-6-8-32-21-35(44)11-13-37(32)42)28-55-40-14-10-33(22-39(40)49)41(51)45-56(52,53)30(29)2/h5,10-11,13-14,16,21-22,29-30,34,36,38H,6-9,12,15,17-20,23-28H2,1-4H3,(H,45,51)/b16-5+/t29-,30+,34-,36?,38+,42-,43-/m0/s1. The first-order valence-corrected chi connectivity index (χ1v) is 22.5. The molecule has 1 unspecified atom stereocenters. The van der Waals surface area contributed by atoms with E-state index < -0.39 is 26.8 Å². The fourth-order valence-corrected chi connectivity index (χ4v) is 12.1. The number of allylic oxidation sites excluding steroid dienone is 1. The van der Waals surface area contributed by atoms with E-state index in [-0.39, 0.29) is 29.2 Å². The monoisotopic (exact) mass is 807 g/mol. The molecular formula is C43H58ClN5O6S. The Labute approximate surface area is 337 Å². The molecule has 4 aliphatic heterocycles.